The summed E-state index contributed by atoms with van der Waals surface area (Å²) >= 11 is 0. The quantitative estimate of drug-likeness (QED) is 0.278. The van der Waals surface area contributed by atoms with E-state index in [0.717, 1.165) is 23.8 Å². The van der Waals surface area contributed by atoms with Gasteiger partial charge in [-0.25, -0.2) is 4.79 Å². The number of nitrogens with one attached hydrogen (secondary N) is 4. The summed E-state index contributed by atoms with van der Waals surface area (Å²) in [7, 11) is 1.76. The number of rotatable bonds is 6. The number of aliphatic imine (C=N–C) groups is 1. The predicted molar refractivity (Wildman–Crippen MR) is 127 cm³/mol. The van der Waals surface area contributed by atoms with E-state index in [1.54, 1.807) is 7.05 Å². The fourth-order valence-corrected chi connectivity index (χ4v) is 2.55. The molecule has 6 nitrogen and oxygen atoms in total. The van der Waals surface area contributed by atoms with Gasteiger partial charge in [0.2, 0.25) is 0 Å². The molecule has 0 saturated carbocycles. The lowest BCUT2D eigenvalue weighted by atomic mass is 10.1. The van der Waals surface area contributed by atoms with Gasteiger partial charge in [-0.3, -0.25) is 4.99 Å². The van der Waals surface area contributed by atoms with Crippen LogP contribution in [0.15, 0.2) is 53.5 Å². The normalized spacial score (nSPS) is 10.8. The molecule has 4 N–H and O–H groups in total. The van der Waals surface area contributed by atoms with Gasteiger partial charge in [-0.15, -0.1) is 24.0 Å². The van der Waals surface area contributed by atoms with Gasteiger partial charge in [0.25, 0.3) is 0 Å². The second kappa shape index (κ2) is 12.2. The van der Waals surface area contributed by atoms with E-state index in [1.807, 2.05) is 38.1 Å². The minimum Gasteiger partial charge on any atom is -0.352 e. The molecule has 0 aromatic heterocycles. The maximum atomic E-state index is 11.7. The van der Waals surface area contributed by atoms with Crippen LogP contribution >= 0.6 is 24.0 Å². The van der Waals surface area contributed by atoms with Gasteiger partial charge in [-0.1, -0.05) is 42.0 Å². The van der Waals surface area contributed by atoms with E-state index in [9.17, 15) is 4.79 Å². The summed E-state index contributed by atoms with van der Waals surface area (Å²) in [5.41, 5.74) is 4.32. The van der Waals surface area contributed by atoms with Crippen molar-refractivity contribution in [2.24, 2.45) is 4.99 Å². The third-order valence-corrected chi connectivity index (χ3v) is 3.86. The Morgan fingerprint density at radius 3 is 2.21 bits per heavy atom. The third kappa shape index (κ3) is 8.60. The second-order valence-corrected chi connectivity index (χ2v) is 6.72. The molecule has 0 heterocycles. The highest BCUT2D eigenvalue weighted by Crippen LogP contribution is 2.09. The number of hydrogen-bond donors (Lipinski definition) is 4. The van der Waals surface area contributed by atoms with Gasteiger partial charge < -0.3 is 21.3 Å². The molecule has 2 amide bonds. The van der Waals surface area contributed by atoms with Crippen LogP contribution in [0.4, 0.5) is 10.5 Å². The van der Waals surface area contributed by atoms with Gasteiger partial charge >= 0.3 is 6.03 Å². The van der Waals surface area contributed by atoms with Crippen molar-refractivity contribution in [3.05, 3.63) is 65.2 Å². The van der Waals surface area contributed by atoms with Crippen molar-refractivity contribution in [1.29, 1.82) is 0 Å². The largest absolute Gasteiger partial charge is 0.352 e. The Labute approximate surface area is 184 Å². The third-order valence-electron chi connectivity index (χ3n) is 3.86. The zero-order valence-electron chi connectivity index (χ0n) is 16.9. The van der Waals surface area contributed by atoms with Gasteiger partial charge in [0, 0.05) is 31.9 Å². The number of benzene rings is 2. The molecule has 0 spiro atoms. The van der Waals surface area contributed by atoms with Crippen molar-refractivity contribution in [2.75, 3.05) is 12.4 Å². The van der Waals surface area contributed by atoms with Crippen LogP contribution in [-0.4, -0.2) is 25.1 Å². The molecule has 0 radical (unpaired) electrons. The first kappa shape index (κ1) is 23.7. The summed E-state index contributed by atoms with van der Waals surface area (Å²) in [5.74, 6) is 0.745. The fourth-order valence-electron chi connectivity index (χ4n) is 2.55. The molecule has 0 saturated heterocycles. The molecule has 0 bridgehead atoms. The highest BCUT2D eigenvalue weighted by molar-refractivity contribution is 14.0. The highest BCUT2D eigenvalue weighted by Gasteiger charge is 2.04. The standard InChI is InChI=1S/C21H29N5O.HI/c1-15(2)25-21(27)26-19-10-8-17(9-11-19)13-23-20(22-4)24-14-18-7-5-6-16(3)12-18;/h5-12,15H,13-14H2,1-4H3,(H2,22,23,24)(H2,25,26,27);1H. The summed E-state index contributed by atoms with van der Waals surface area (Å²) in [6, 6.07) is 16.0. The van der Waals surface area contributed by atoms with Gasteiger partial charge in [0.15, 0.2) is 5.96 Å². The van der Waals surface area contributed by atoms with Crippen molar-refractivity contribution in [3.8, 4) is 0 Å². The van der Waals surface area contributed by atoms with Crippen LogP contribution in [0.3, 0.4) is 0 Å². The van der Waals surface area contributed by atoms with Gasteiger partial charge in [0.1, 0.15) is 0 Å². The molecule has 28 heavy (non-hydrogen) atoms. The number of carbonyl (C=O) groups is 1. The van der Waals surface area contributed by atoms with Crippen molar-refractivity contribution in [3.63, 3.8) is 0 Å². The predicted octanol–water partition coefficient (Wildman–Crippen LogP) is 4.01. The van der Waals surface area contributed by atoms with E-state index in [-0.39, 0.29) is 36.0 Å². The van der Waals surface area contributed by atoms with Crippen molar-refractivity contribution >= 4 is 41.7 Å². The van der Waals surface area contributed by atoms with Crippen LogP contribution in [0.1, 0.15) is 30.5 Å². The molecule has 152 valence electrons. The maximum absolute atomic E-state index is 11.7. The molecule has 0 aliphatic heterocycles. The number of halogens is 1. The molecule has 2 aromatic rings. The zero-order valence-corrected chi connectivity index (χ0v) is 19.2. The zero-order chi connectivity index (χ0) is 19.6. The van der Waals surface area contributed by atoms with Crippen LogP contribution in [0.25, 0.3) is 0 Å². The highest BCUT2D eigenvalue weighted by atomic mass is 127. The molecule has 0 aliphatic carbocycles. The number of carbonyl (C=O) groups excluding carboxylic acids is 1. The first-order valence-electron chi connectivity index (χ1n) is 9.13. The van der Waals surface area contributed by atoms with Gasteiger partial charge in [-0.2, -0.15) is 0 Å². The molecule has 0 atom stereocenters. The summed E-state index contributed by atoms with van der Waals surface area (Å²) < 4.78 is 0. The lowest BCUT2D eigenvalue weighted by Gasteiger charge is -2.13. The molecule has 2 aromatic carbocycles. The molecule has 7 heteroatoms. The topological polar surface area (TPSA) is 77.5 Å². The fraction of sp³-hybridized carbons (Fsp3) is 0.333. The van der Waals surface area contributed by atoms with E-state index in [4.69, 9.17) is 0 Å². The van der Waals surface area contributed by atoms with Crippen LogP contribution in [0.5, 0.6) is 0 Å². The van der Waals surface area contributed by atoms with E-state index >= 15 is 0 Å². The Morgan fingerprint density at radius 1 is 1.00 bits per heavy atom. The molecular weight excluding hydrogens is 465 g/mol. The minimum atomic E-state index is -0.198. The van der Waals surface area contributed by atoms with Crippen LogP contribution in [0.2, 0.25) is 0 Å². The average Bonchev–Trinajstić information content (AvgIpc) is 2.62. The van der Waals surface area contributed by atoms with Crippen LogP contribution in [0, 0.1) is 6.92 Å². The van der Waals surface area contributed by atoms with E-state index in [0.29, 0.717) is 6.54 Å². The number of aryl methyl sites for hydroxylation is 1. The minimum absolute atomic E-state index is 0. The Hall–Kier alpha value is -2.29. The SMILES string of the molecule is CN=C(NCc1ccc(NC(=O)NC(C)C)cc1)NCc1cccc(C)c1.I. The molecule has 2 rings (SSSR count). The number of amides is 2. The van der Waals surface area contributed by atoms with Gasteiger partial charge in [0.05, 0.1) is 0 Å². The summed E-state index contributed by atoms with van der Waals surface area (Å²) in [4.78, 5) is 16.0. The second-order valence-electron chi connectivity index (χ2n) is 6.72. The molecule has 0 fully saturated rings. The monoisotopic (exact) mass is 495 g/mol. The number of urea groups is 1. The van der Waals surface area contributed by atoms with Gasteiger partial charge in [-0.05, 0) is 44.0 Å². The lowest BCUT2D eigenvalue weighted by Crippen LogP contribution is -2.36. The van der Waals surface area contributed by atoms with E-state index < -0.39 is 0 Å². The number of hydrogen-bond acceptors (Lipinski definition) is 2. The summed E-state index contributed by atoms with van der Waals surface area (Å²) in [5, 5.41) is 12.2. The molecule has 0 unspecified atom stereocenters. The first-order valence-corrected chi connectivity index (χ1v) is 9.13. The number of nitrogens with zero attached hydrogens (tertiary/aromatic N) is 1. The Balaban J connectivity index is 0.00000392. The van der Waals surface area contributed by atoms with Crippen LogP contribution in [-0.2, 0) is 13.1 Å². The van der Waals surface area contributed by atoms with Crippen LogP contribution < -0.4 is 21.3 Å². The smallest absolute Gasteiger partial charge is 0.319 e. The summed E-state index contributed by atoms with van der Waals surface area (Å²) in [6.45, 7) is 7.30. The van der Waals surface area contributed by atoms with Crippen molar-refractivity contribution in [1.82, 2.24) is 16.0 Å². The van der Waals surface area contributed by atoms with Crippen molar-refractivity contribution in [2.45, 2.75) is 39.9 Å². The first-order chi connectivity index (χ1) is 13.0. The summed E-state index contributed by atoms with van der Waals surface area (Å²) in [6.07, 6.45) is 0. The maximum Gasteiger partial charge on any atom is 0.319 e. The molecular formula is C21H30IN5O. The number of guanidine groups is 1. The average molecular weight is 495 g/mol. The van der Waals surface area contributed by atoms with E-state index in [2.05, 4.69) is 57.4 Å². The lowest BCUT2D eigenvalue weighted by molar-refractivity contribution is 0.250. The number of anilines is 1. The van der Waals surface area contributed by atoms with E-state index in [1.165, 1.54) is 11.1 Å². The van der Waals surface area contributed by atoms with Crippen molar-refractivity contribution < 1.29 is 4.79 Å². The Bertz CT molecular complexity index is 775. The Kier molecular flexibility index (Phi) is 10.4. The molecule has 0 aliphatic rings. The Morgan fingerprint density at radius 2 is 1.64 bits per heavy atom.